The van der Waals surface area contributed by atoms with Crippen LogP contribution >= 0.6 is 0 Å². The molecule has 0 aromatic heterocycles. The average molecular weight is 284 g/mol. The Kier molecular flexibility index (Phi) is 4.56. The van der Waals surface area contributed by atoms with Crippen molar-refractivity contribution in [1.29, 1.82) is 0 Å². The smallest absolute Gasteiger partial charge is 0.127 e. The van der Waals surface area contributed by atoms with Gasteiger partial charge in [0.05, 0.1) is 14.2 Å². The monoisotopic (exact) mass is 284 g/mol. The third-order valence-electron chi connectivity index (χ3n) is 3.80. The molecule has 0 aliphatic carbocycles. The van der Waals surface area contributed by atoms with E-state index < -0.39 is 0 Å². The van der Waals surface area contributed by atoms with Gasteiger partial charge in [-0.25, -0.2) is 0 Å². The van der Waals surface area contributed by atoms with Gasteiger partial charge in [-0.1, -0.05) is 32.0 Å². The fourth-order valence-electron chi connectivity index (χ4n) is 2.97. The van der Waals surface area contributed by atoms with E-state index in [-0.39, 0.29) is 0 Å². The van der Waals surface area contributed by atoms with Gasteiger partial charge < -0.3 is 9.47 Å². The molecule has 0 unspecified atom stereocenters. The summed E-state index contributed by atoms with van der Waals surface area (Å²) in [6.45, 7) is 8.61. The van der Waals surface area contributed by atoms with E-state index in [1.807, 2.05) is 12.1 Å². The van der Waals surface area contributed by atoms with Crippen LogP contribution in [0.5, 0.6) is 11.5 Å². The van der Waals surface area contributed by atoms with E-state index >= 15 is 0 Å². The molecular weight excluding hydrogens is 260 g/mol. The molecule has 0 saturated carbocycles. The van der Waals surface area contributed by atoms with Crippen molar-refractivity contribution < 1.29 is 9.47 Å². The molecule has 0 fully saturated rings. The van der Waals surface area contributed by atoms with Crippen molar-refractivity contribution in [2.75, 3.05) is 14.2 Å². The van der Waals surface area contributed by atoms with Gasteiger partial charge in [0.15, 0.2) is 0 Å². The minimum Gasteiger partial charge on any atom is -0.496 e. The zero-order valence-corrected chi connectivity index (χ0v) is 13.8. The Labute approximate surface area is 127 Å². The number of methoxy groups -OCH3 is 2. The molecular formula is C19H24O2. The summed E-state index contributed by atoms with van der Waals surface area (Å²) in [6, 6.07) is 10.5. The molecule has 0 heterocycles. The topological polar surface area (TPSA) is 18.5 Å². The quantitative estimate of drug-likeness (QED) is 0.776. The molecule has 0 saturated heterocycles. The number of benzene rings is 2. The molecule has 2 nitrogen and oxygen atoms in total. The Hall–Kier alpha value is -1.96. The van der Waals surface area contributed by atoms with E-state index in [0.29, 0.717) is 5.92 Å². The van der Waals surface area contributed by atoms with Crippen LogP contribution in [-0.4, -0.2) is 14.2 Å². The van der Waals surface area contributed by atoms with Gasteiger partial charge in [0.2, 0.25) is 0 Å². The molecule has 0 N–H and O–H groups in total. The lowest BCUT2D eigenvalue weighted by Gasteiger charge is -2.20. The molecule has 112 valence electrons. The Morgan fingerprint density at radius 2 is 1.57 bits per heavy atom. The molecule has 0 spiro atoms. The molecule has 2 rings (SSSR count). The predicted molar refractivity (Wildman–Crippen MR) is 88.5 cm³/mol. The van der Waals surface area contributed by atoms with Crippen LogP contribution in [0.3, 0.4) is 0 Å². The van der Waals surface area contributed by atoms with E-state index in [2.05, 4.69) is 45.9 Å². The van der Waals surface area contributed by atoms with Gasteiger partial charge in [0.25, 0.3) is 0 Å². The molecule has 21 heavy (non-hydrogen) atoms. The summed E-state index contributed by atoms with van der Waals surface area (Å²) in [7, 11) is 3.46. The molecule has 0 radical (unpaired) electrons. The fraction of sp³-hybridized carbons (Fsp3) is 0.368. The minimum absolute atomic E-state index is 0.376. The number of ether oxygens (including phenoxy) is 2. The highest BCUT2D eigenvalue weighted by Crippen LogP contribution is 2.42. The Balaban J connectivity index is 2.79. The predicted octanol–water partition coefficient (Wildman–Crippen LogP) is 5.11. The second kappa shape index (κ2) is 6.21. The normalized spacial score (nSPS) is 10.8. The molecule has 0 amide bonds. The number of hydrogen-bond donors (Lipinski definition) is 0. The summed E-state index contributed by atoms with van der Waals surface area (Å²) in [6.07, 6.45) is 0. The molecule has 2 heteroatoms. The Morgan fingerprint density at radius 1 is 0.905 bits per heavy atom. The number of aryl methyl sites for hydroxylation is 2. The van der Waals surface area contributed by atoms with Crippen LogP contribution < -0.4 is 9.47 Å². The van der Waals surface area contributed by atoms with Gasteiger partial charge in [0, 0.05) is 11.1 Å². The van der Waals surface area contributed by atoms with Crippen LogP contribution in [0, 0.1) is 13.8 Å². The van der Waals surface area contributed by atoms with Crippen LogP contribution in [0.4, 0.5) is 0 Å². The summed E-state index contributed by atoms with van der Waals surface area (Å²) >= 11 is 0. The summed E-state index contributed by atoms with van der Waals surface area (Å²) in [5.74, 6) is 2.23. The number of hydrogen-bond acceptors (Lipinski definition) is 2. The molecule has 0 aliphatic rings. The van der Waals surface area contributed by atoms with E-state index in [1.165, 1.54) is 22.3 Å². The van der Waals surface area contributed by atoms with Crippen molar-refractivity contribution >= 4 is 0 Å². The van der Waals surface area contributed by atoms with Crippen LogP contribution in [0.1, 0.15) is 36.5 Å². The van der Waals surface area contributed by atoms with Crippen molar-refractivity contribution in [2.45, 2.75) is 33.6 Å². The van der Waals surface area contributed by atoms with E-state index in [1.54, 1.807) is 14.2 Å². The summed E-state index contributed by atoms with van der Waals surface area (Å²) in [5, 5.41) is 0. The van der Waals surface area contributed by atoms with Gasteiger partial charge in [0.1, 0.15) is 11.5 Å². The van der Waals surface area contributed by atoms with E-state index in [4.69, 9.17) is 9.47 Å². The van der Waals surface area contributed by atoms with Crippen LogP contribution in [0.2, 0.25) is 0 Å². The zero-order chi connectivity index (χ0) is 15.6. The van der Waals surface area contributed by atoms with Gasteiger partial charge in [-0.05, 0) is 48.6 Å². The molecule has 0 bridgehead atoms. The second-order valence-corrected chi connectivity index (χ2v) is 5.74. The number of rotatable bonds is 4. The van der Waals surface area contributed by atoms with E-state index in [9.17, 15) is 0 Å². The fourth-order valence-corrected chi connectivity index (χ4v) is 2.97. The van der Waals surface area contributed by atoms with Gasteiger partial charge in [-0.15, -0.1) is 0 Å². The maximum Gasteiger partial charge on any atom is 0.127 e. The highest BCUT2D eigenvalue weighted by Gasteiger charge is 2.18. The first-order valence-corrected chi connectivity index (χ1v) is 7.32. The van der Waals surface area contributed by atoms with Crippen molar-refractivity contribution in [3.63, 3.8) is 0 Å². The molecule has 0 atom stereocenters. The van der Waals surface area contributed by atoms with E-state index in [0.717, 1.165) is 17.1 Å². The first-order chi connectivity index (χ1) is 9.99. The van der Waals surface area contributed by atoms with Gasteiger partial charge >= 0.3 is 0 Å². The largest absolute Gasteiger partial charge is 0.496 e. The molecule has 2 aromatic rings. The lowest BCUT2D eigenvalue weighted by atomic mass is 9.88. The van der Waals surface area contributed by atoms with Gasteiger partial charge in [-0.3, -0.25) is 0 Å². The first kappa shape index (κ1) is 15.4. The average Bonchev–Trinajstić information content (AvgIpc) is 2.45. The third kappa shape index (κ3) is 2.90. The van der Waals surface area contributed by atoms with Crippen molar-refractivity contribution in [1.82, 2.24) is 0 Å². The molecule has 2 aromatic carbocycles. The van der Waals surface area contributed by atoms with Crippen molar-refractivity contribution in [3.05, 3.63) is 47.0 Å². The lowest BCUT2D eigenvalue weighted by Crippen LogP contribution is -2.00. The Bertz CT molecular complexity index is 642. The van der Waals surface area contributed by atoms with Crippen molar-refractivity contribution in [2.24, 2.45) is 0 Å². The maximum absolute atomic E-state index is 5.63. The summed E-state index contributed by atoms with van der Waals surface area (Å²) < 4.78 is 11.2. The lowest BCUT2D eigenvalue weighted by molar-refractivity contribution is 0.407. The van der Waals surface area contributed by atoms with Crippen LogP contribution in [0.15, 0.2) is 30.3 Å². The highest BCUT2D eigenvalue weighted by molar-refractivity contribution is 5.79. The SMILES string of the molecule is COc1cc(C)cc(C)c1-c1cccc(OC)c1C(C)C. The highest BCUT2D eigenvalue weighted by atomic mass is 16.5. The zero-order valence-electron chi connectivity index (χ0n) is 13.8. The Morgan fingerprint density at radius 3 is 2.14 bits per heavy atom. The minimum atomic E-state index is 0.376. The first-order valence-electron chi connectivity index (χ1n) is 7.32. The molecule has 0 aliphatic heterocycles. The summed E-state index contributed by atoms with van der Waals surface area (Å²) in [5.41, 5.74) is 6.01. The van der Waals surface area contributed by atoms with Gasteiger partial charge in [-0.2, -0.15) is 0 Å². The second-order valence-electron chi connectivity index (χ2n) is 5.74. The van der Waals surface area contributed by atoms with Crippen LogP contribution in [0.25, 0.3) is 11.1 Å². The van der Waals surface area contributed by atoms with Crippen molar-refractivity contribution in [3.8, 4) is 22.6 Å². The maximum atomic E-state index is 5.63. The summed E-state index contributed by atoms with van der Waals surface area (Å²) in [4.78, 5) is 0. The van der Waals surface area contributed by atoms with Crippen LogP contribution in [-0.2, 0) is 0 Å². The third-order valence-corrected chi connectivity index (χ3v) is 3.80. The standard InChI is InChI=1S/C19H24O2/c1-12(2)18-15(8-7-9-16(18)20-5)19-14(4)10-13(3)11-17(19)21-6/h7-12H,1-6H3.